The average Bonchev–Trinajstić information content (AvgIpc) is 3.09. The molecule has 2 unspecified atom stereocenters. The number of carbonyl (C=O) groups is 2. The first kappa shape index (κ1) is 22.7. The number of hydrogen-bond acceptors (Lipinski definition) is 4. The van der Waals surface area contributed by atoms with Gasteiger partial charge in [-0.3, -0.25) is 9.59 Å². The van der Waals surface area contributed by atoms with Gasteiger partial charge in [0.25, 0.3) is 5.91 Å². The molecule has 2 aliphatic carbocycles. The maximum atomic E-state index is 12.9. The van der Waals surface area contributed by atoms with Crippen LogP contribution in [0.2, 0.25) is 0 Å². The molecule has 32 heavy (non-hydrogen) atoms. The molecule has 6 heteroatoms. The lowest BCUT2D eigenvalue weighted by atomic mass is 9.78. The van der Waals surface area contributed by atoms with Crippen LogP contribution in [0.4, 0.5) is 5.69 Å². The summed E-state index contributed by atoms with van der Waals surface area (Å²) in [6.45, 7) is 3.78. The van der Waals surface area contributed by atoms with E-state index in [0.29, 0.717) is 11.0 Å². The average molecular weight is 455 g/mol. The molecule has 0 spiro atoms. The van der Waals surface area contributed by atoms with Crippen molar-refractivity contribution in [3.05, 3.63) is 64.9 Å². The third-order valence-electron chi connectivity index (χ3n) is 6.65. The molecule has 1 amide bonds. The van der Waals surface area contributed by atoms with Gasteiger partial charge in [-0.05, 0) is 69.2 Å². The fourth-order valence-corrected chi connectivity index (χ4v) is 5.14. The highest BCUT2D eigenvalue weighted by molar-refractivity contribution is 6.31. The molecule has 1 saturated carbocycles. The van der Waals surface area contributed by atoms with Gasteiger partial charge in [0, 0.05) is 35.5 Å². The number of ether oxygens (including phenoxy) is 1. The number of likely N-dealkylation sites (N-methyl/N-ethyl adjacent to an activating group) is 1. The first-order valence-corrected chi connectivity index (χ1v) is 11.8. The monoisotopic (exact) mass is 454 g/mol. The molecule has 0 bridgehead atoms. The standard InChI is InChI=1S/C26H31ClN2O3/c1-16(2)32-26(31)19-6-4-17(5-7-19)18-8-11-21(12-9-18)28-25(30)23-15-29(3)24-13-10-20(27)14-22(23)24/h8-17,19,22,24H,4-7H2,1-3H3,(H,28,30)/t17-,19-,22?,24?. The zero-order chi connectivity index (χ0) is 22.8. The number of amides is 1. The number of nitrogens with one attached hydrogen (secondary N) is 1. The number of rotatable bonds is 5. The van der Waals surface area contributed by atoms with E-state index in [1.165, 1.54) is 5.56 Å². The zero-order valence-electron chi connectivity index (χ0n) is 18.9. The molecule has 170 valence electrons. The van der Waals surface area contributed by atoms with Crippen molar-refractivity contribution in [2.75, 3.05) is 12.4 Å². The van der Waals surface area contributed by atoms with Gasteiger partial charge >= 0.3 is 5.97 Å². The Labute approximate surface area is 195 Å². The Balaban J connectivity index is 1.34. The Kier molecular flexibility index (Phi) is 6.75. The van der Waals surface area contributed by atoms with Crippen LogP contribution in [-0.4, -0.2) is 36.0 Å². The van der Waals surface area contributed by atoms with Crippen molar-refractivity contribution in [1.82, 2.24) is 4.90 Å². The molecule has 1 heterocycles. The van der Waals surface area contributed by atoms with E-state index in [-0.39, 0.29) is 35.9 Å². The lowest BCUT2D eigenvalue weighted by Gasteiger charge is -2.28. The van der Waals surface area contributed by atoms with Gasteiger partial charge < -0.3 is 15.0 Å². The molecule has 2 atom stereocenters. The second-order valence-corrected chi connectivity index (χ2v) is 9.72. The Morgan fingerprint density at radius 3 is 2.47 bits per heavy atom. The molecule has 1 aromatic carbocycles. The summed E-state index contributed by atoms with van der Waals surface area (Å²) in [6.07, 6.45) is 11.4. The number of esters is 1. The summed E-state index contributed by atoms with van der Waals surface area (Å²) in [5, 5.41) is 3.69. The smallest absolute Gasteiger partial charge is 0.309 e. The summed E-state index contributed by atoms with van der Waals surface area (Å²) in [5.41, 5.74) is 2.75. The van der Waals surface area contributed by atoms with E-state index < -0.39 is 0 Å². The molecule has 1 N–H and O–H groups in total. The summed E-state index contributed by atoms with van der Waals surface area (Å²) in [6, 6.07) is 8.24. The number of anilines is 1. The molecule has 1 fully saturated rings. The minimum absolute atomic E-state index is 0.0195. The van der Waals surface area contributed by atoms with Crippen LogP contribution in [0.5, 0.6) is 0 Å². The van der Waals surface area contributed by atoms with E-state index >= 15 is 0 Å². The summed E-state index contributed by atoms with van der Waals surface area (Å²) in [7, 11) is 1.97. The molecule has 3 aliphatic rings. The predicted octanol–water partition coefficient (Wildman–Crippen LogP) is 5.36. The van der Waals surface area contributed by atoms with Crippen molar-refractivity contribution >= 4 is 29.2 Å². The highest BCUT2D eigenvalue weighted by atomic mass is 35.5. The Morgan fingerprint density at radius 2 is 1.81 bits per heavy atom. The van der Waals surface area contributed by atoms with Gasteiger partial charge in [-0.15, -0.1) is 0 Å². The van der Waals surface area contributed by atoms with Crippen molar-refractivity contribution in [2.24, 2.45) is 11.8 Å². The van der Waals surface area contributed by atoms with Crippen molar-refractivity contribution in [3.63, 3.8) is 0 Å². The van der Waals surface area contributed by atoms with E-state index in [4.69, 9.17) is 16.3 Å². The molecular weight excluding hydrogens is 424 g/mol. The highest BCUT2D eigenvalue weighted by Crippen LogP contribution is 2.37. The third kappa shape index (κ3) is 4.93. The summed E-state index contributed by atoms with van der Waals surface area (Å²) >= 11 is 6.17. The zero-order valence-corrected chi connectivity index (χ0v) is 19.6. The number of halogens is 1. The molecule has 0 radical (unpaired) electrons. The molecular formula is C26H31ClN2O3. The van der Waals surface area contributed by atoms with Crippen molar-refractivity contribution < 1.29 is 14.3 Å². The van der Waals surface area contributed by atoms with Gasteiger partial charge in [0.05, 0.1) is 18.1 Å². The highest BCUT2D eigenvalue weighted by Gasteiger charge is 2.35. The number of benzene rings is 1. The lowest BCUT2D eigenvalue weighted by Crippen LogP contribution is -2.29. The van der Waals surface area contributed by atoms with E-state index in [1.807, 2.05) is 62.4 Å². The minimum atomic E-state index is -0.0997. The van der Waals surface area contributed by atoms with Gasteiger partial charge in [0.15, 0.2) is 0 Å². The minimum Gasteiger partial charge on any atom is -0.463 e. The number of allylic oxidation sites excluding steroid dienone is 2. The summed E-state index contributed by atoms with van der Waals surface area (Å²) in [4.78, 5) is 27.1. The molecule has 4 rings (SSSR count). The quantitative estimate of drug-likeness (QED) is 0.608. The second kappa shape index (κ2) is 9.53. The number of fused-ring (bicyclic) bond motifs is 1. The predicted molar refractivity (Wildman–Crippen MR) is 127 cm³/mol. The van der Waals surface area contributed by atoms with Crippen LogP contribution in [0.15, 0.2) is 59.3 Å². The van der Waals surface area contributed by atoms with Crippen molar-refractivity contribution in [2.45, 2.75) is 57.6 Å². The Morgan fingerprint density at radius 1 is 1.12 bits per heavy atom. The maximum absolute atomic E-state index is 12.9. The van der Waals surface area contributed by atoms with Crippen LogP contribution in [0.3, 0.4) is 0 Å². The topological polar surface area (TPSA) is 58.6 Å². The first-order chi connectivity index (χ1) is 15.3. The van der Waals surface area contributed by atoms with Gasteiger partial charge in [-0.2, -0.15) is 0 Å². The van der Waals surface area contributed by atoms with Gasteiger partial charge in [0.2, 0.25) is 0 Å². The Hall–Kier alpha value is -2.53. The molecule has 1 aromatic rings. The summed E-state index contributed by atoms with van der Waals surface area (Å²) < 4.78 is 5.37. The molecule has 5 nitrogen and oxygen atoms in total. The maximum Gasteiger partial charge on any atom is 0.309 e. The molecule has 1 aliphatic heterocycles. The number of hydrogen-bond donors (Lipinski definition) is 1. The second-order valence-electron chi connectivity index (χ2n) is 9.29. The number of nitrogens with zero attached hydrogens (tertiary/aromatic N) is 1. The van der Waals surface area contributed by atoms with Crippen LogP contribution >= 0.6 is 11.6 Å². The van der Waals surface area contributed by atoms with Crippen molar-refractivity contribution in [1.29, 1.82) is 0 Å². The Bertz CT molecular complexity index is 956. The van der Waals surface area contributed by atoms with Crippen LogP contribution < -0.4 is 5.32 Å². The van der Waals surface area contributed by atoms with E-state index in [2.05, 4.69) is 17.4 Å². The van der Waals surface area contributed by atoms with Gasteiger partial charge in [-0.1, -0.05) is 35.9 Å². The largest absolute Gasteiger partial charge is 0.463 e. The normalized spacial score (nSPS) is 27.0. The first-order valence-electron chi connectivity index (χ1n) is 11.4. The van der Waals surface area contributed by atoms with Crippen LogP contribution in [0.25, 0.3) is 0 Å². The van der Waals surface area contributed by atoms with E-state index in [1.54, 1.807) is 0 Å². The molecule has 0 aromatic heterocycles. The fourth-order valence-electron chi connectivity index (χ4n) is 4.93. The van der Waals surface area contributed by atoms with Gasteiger partial charge in [-0.25, -0.2) is 0 Å². The SMILES string of the molecule is CC(C)OC(=O)[C@H]1CC[C@H](c2ccc(NC(=O)C3=CN(C)C4C=CC(Cl)=CC34)cc2)CC1. The lowest BCUT2D eigenvalue weighted by molar-refractivity contribution is -0.153. The van der Waals surface area contributed by atoms with Crippen LogP contribution in [0, 0.1) is 11.8 Å². The van der Waals surface area contributed by atoms with Crippen molar-refractivity contribution in [3.8, 4) is 0 Å². The van der Waals surface area contributed by atoms with Gasteiger partial charge in [0.1, 0.15) is 0 Å². The van der Waals surface area contributed by atoms with Crippen LogP contribution in [-0.2, 0) is 14.3 Å². The third-order valence-corrected chi connectivity index (χ3v) is 6.90. The number of carbonyl (C=O) groups excluding carboxylic acids is 2. The van der Waals surface area contributed by atoms with Crippen LogP contribution in [0.1, 0.15) is 51.0 Å². The molecule has 0 saturated heterocycles. The fraction of sp³-hybridized carbons (Fsp3) is 0.462. The summed E-state index contributed by atoms with van der Waals surface area (Å²) in [5.74, 6) is 0.268. The van der Waals surface area contributed by atoms with E-state index in [0.717, 1.165) is 36.9 Å². The van der Waals surface area contributed by atoms with E-state index in [9.17, 15) is 9.59 Å².